The lowest BCUT2D eigenvalue weighted by atomic mass is 9.95. The van der Waals surface area contributed by atoms with E-state index in [2.05, 4.69) is 27.6 Å². The van der Waals surface area contributed by atoms with Gasteiger partial charge in [0.1, 0.15) is 0 Å². The Morgan fingerprint density at radius 1 is 0.968 bits per heavy atom. The molecule has 2 aliphatic rings. The fourth-order valence-electron chi connectivity index (χ4n) is 5.22. The van der Waals surface area contributed by atoms with Gasteiger partial charge >= 0.3 is 0 Å². The molecule has 154 valence electrons. The summed E-state index contributed by atoms with van der Waals surface area (Å²) in [5.74, 6) is 0.0646. The van der Waals surface area contributed by atoms with Crippen LogP contribution in [0.3, 0.4) is 0 Å². The summed E-state index contributed by atoms with van der Waals surface area (Å²) >= 11 is 0. The van der Waals surface area contributed by atoms with Crippen LogP contribution in [0.5, 0.6) is 0 Å². The number of carbonyl (C=O) groups is 2. The maximum Gasteiger partial charge on any atom is 0.254 e. The predicted octanol–water partition coefficient (Wildman–Crippen LogP) is 3.88. The van der Waals surface area contributed by atoms with Crippen LogP contribution in [0.4, 0.5) is 0 Å². The molecule has 3 aromatic carbocycles. The van der Waals surface area contributed by atoms with Gasteiger partial charge in [0.2, 0.25) is 5.91 Å². The van der Waals surface area contributed by atoms with Crippen LogP contribution in [0.25, 0.3) is 32.8 Å². The second-order valence-corrected chi connectivity index (χ2v) is 8.48. The molecule has 1 aromatic heterocycles. The van der Waals surface area contributed by atoms with E-state index >= 15 is 0 Å². The number of hydrogen-bond acceptors (Lipinski definition) is 3. The van der Waals surface area contributed by atoms with Crippen LogP contribution in [0, 0.1) is 0 Å². The predicted molar refractivity (Wildman–Crippen MR) is 120 cm³/mol. The monoisotopic (exact) mass is 410 g/mol. The minimum Gasteiger partial charge on any atom is -0.354 e. The highest BCUT2D eigenvalue weighted by Gasteiger charge is 2.40. The normalized spacial score (nSPS) is 20.8. The molecule has 2 aliphatic heterocycles. The van der Waals surface area contributed by atoms with Gasteiger partial charge in [-0.15, -0.1) is 0 Å². The van der Waals surface area contributed by atoms with Crippen molar-refractivity contribution in [3.63, 3.8) is 0 Å². The lowest BCUT2D eigenvalue weighted by Crippen LogP contribution is -2.42. The van der Waals surface area contributed by atoms with Crippen molar-refractivity contribution in [1.29, 1.82) is 0 Å². The van der Waals surface area contributed by atoms with Crippen molar-refractivity contribution in [2.45, 2.75) is 31.3 Å². The van der Waals surface area contributed by atoms with Crippen molar-refractivity contribution < 1.29 is 9.59 Å². The van der Waals surface area contributed by atoms with Crippen molar-refractivity contribution in [2.24, 2.45) is 0 Å². The van der Waals surface area contributed by atoms with Gasteiger partial charge in [-0.2, -0.15) is 5.10 Å². The number of nitrogens with zero attached hydrogens (tertiary/aromatic N) is 2. The first-order valence-electron chi connectivity index (χ1n) is 10.7. The van der Waals surface area contributed by atoms with Crippen molar-refractivity contribution in [1.82, 2.24) is 20.4 Å². The molecule has 2 bridgehead atoms. The summed E-state index contributed by atoms with van der Waals surface area (Å²) in [4.78, 5) is 27.3. The van der Waals surface area contributed by atoms with E-state index in [1.54, 1.807) is 0 Å². The van der Waals surface area contributed by atoms with Gasteiger partial charge in [0.25, 0.3) is 5.91 Å². The van der Waals surface area contributed by atoms with Crippen LogP contribution in [0.15, 0.2) is 60.8 Å². The molecule has 0 radical (unpaired) electrons. The third-order valence-electron chi connectivity index (χ3n) is 6.71. The summed E-state index contributed by atoms with van der Waals surface area (Å²) < 4.78 is 0. The Bertz CT molecular complexity index is 1340. The molecule has 2 N–H and O–H groups in total. The number of aromatic amines is 1. The summed E-state index contributed by atoms with van der Waals surface area (Å²) in [5, 5.41) is 13.4. The fraction of sp³-hybridized carbons (Fsp3) is 0.240. The number of nitrogens with one attached hydrogen (secondary N) is 2. The van der Waals surface area contributed by atoms with E-state index in [1.807, 2.05) is 53.6 Å². The lowest BCUT2D eigenvalue weighted by Gasteiger charge is -2.27. The fourth-order valence-corrected chi connectivity index (χ4v) is 5.22. The highest BCUT2D eigenvalue weighted by Crippen LogP contribution is 2.35. The maximum absolute atomic E-state index is 13.4. The third kappa shape index (κ3) is 2.90. The molecular weight excluding hydrogens is 388 g/mol. The van der Waals surface area contributed by atoms with Gasteiger partial charge in [-0.1, -0.05) is 36.4 Å². The third-order valence-corrected chi connectivity index (χ3v) is 6.71. The number of H-pyrrole nitrogens is 1. The Morgan fingerprint density at radius 2 is 1.77 bits per heavy atom. The van der Waals surface area contributed by atoms with E-state index in [0.29, 0.717) is 18.5 Å². The lowest BCUT2D eigenvalue weighted by molar-refractivity contribution is -0.121. The molecule has 2 saturated heterocycles. The van der Waals surface area contributed by atoms with E-state index in [4.69, 9.17) is 0 Å². The molecule has 2 amide bonds. The van der Waals surface area contributed by atoms with Gasteiger partial charge in [-0.3, -0.25) is 14.7 Å². The zero-order valence-corrected chi connectivity index (χ0v) is 17.0. The van der Waals surface area contributed by atoms with E-state index < -0.39 is 0 Å². The molecule has 2 atom stereocenters. The average molecular weight is 410 g/mol. The highest BCUT2D eigenvalue weighted by atomic mass is 16.2. The molecule has 3 heterocycles. The first-order chi connectivity index (χ1) is 15.2. The van der Waals surface area contributed by atoms with E-state index in [9.17, 15) is 9.59 Å². The second-order valence-electron chi connectivity index (χ2n) is 8.48. The molecule has 6 nitrogen and oxygen atoms in total. The number of benzene rings is 3. The molecule has 31 heavy (non-hydrogen) atoms. The molecule has 6 rings (SSSR count). The zero-order chi connectivity index (χ0) is 20.9. The second kappa shape index (κ2) is 6.94. The first-order valence-corrected chi connectivity index (χ1v) is 10.7. The Hall–Kier alpha value is -3.67. The number of rotatable bonds is 2. The van der Waals surface area contributed by atoms with Crippen molar-refractivity contribution >= 4 is 33.5 Å². The van der Waals surface area contributed by atoms with Gasteiger partial charge in [-0.05, 0) is 52.9 Å². The van der Waals surface area contributed by atoms with E-state index in [1.165, 1.54) is 0 Å². The number of fused-ring (bicyclic) bond motifs is 4. The Labute approximate surface area is 179 Å². The quantitative estimate of drug-likeness (QED) is 0.527. The van der Waals surface area contributed by atoms with Gasteiger partial charge in [-0.25, -0.2) is 0 Å². The van der Waals surface area contributed by atoms with Gasteiger partial charge < -0.3 is 10.2 Å². The molecule has 0 spiro atoms. The first kappa shape index (κ1) is 18.1. The summed E-state index contributed by atoms with van der Waals surface area (Å²) in [6.45, 7) is 0.549. The van der Waals surface area contributed by atoms with Crippen molar-refractivity contribution in [3.8, 4) is 11.1 Å². The SMILES string of the molecule is O=C1C[C@H]2CC[C@@H](CN1)N2C(=O)c1ccc2c(-c3cccc4[nH]ncc34)cccc2c1. The Kier molecular flexibility index (Phi) is 4.06. The Balaban J connectivity index is 1.41. The molecule has 0 saturated carbocycles. The molecule has 0 unspecified atom stereocenters. The smallest absolute Gasteiger partial charge is 0.254 e. The molecule has 4 aromatic rings. The van der Waals surface area contributed by atoms with E-state index in [-0.39, 0.29) is 23.9 Å². The summed E-state index contributed by atoms with van der Waals surface area (Å²) in [6.07, 6.45) is 4.10. The Morgan fingerprint density at radius 3 is 2.68 bits per heavy atom. The standard InChI is InChI=1S/C25H22N4O2/c30-24-12-17-8-9-18(13-26-24)29(17)25(31)16-7-10-19-15(11-16)3-1-4-20(19)21-5-2-6-23-22(21)14-27-28-23/h1-7,10-11,14,17-18H,8-9,12-13H2,(H,26,30)(H,27,28)/t17-,18+/m1/s1. The largest absolute Gasteiger partial charge is 0.354 e. The molecule has 2 fully saturated rings. The number of carbonyl (C=O) groups excluding carboxylic acids is 2. The molecule has 0 aliphatic carbocycles. The van der Waals surface area contributed by atoms with Crippen molar-refractivity contribution in [2.75, 3.05) is 6.54 Å². The number of aromatic nitrogens is 2. The molecular formula is C25H22N4O2. The number of amides is 2. The van der Waals surface area contributed by atoms with Gasteiger partial charge in [0.15, 0.2) is 0 Å². The van der Waals surface area contributed by atoms with Gasteiger partial charge in [0.05, 0.1) is 11.7 Å². The topological polar surface area (TPSA) is 78.1 Å². The van der Waals surface area contributed by atoms with Crippen LogP contribution in [0.1, 0.15) is 29.6 Å². The van der Waals surface area contributed by atoms with Crippen LogP contribution >= 0.6 is 0 Å². The minimum atomic E-state index is 0.000671. The van der Waals surface area contributed by atoms with E-state index in [0.717, 1.165) is 45.6 Å². The maximum atomic E-state index is 13.4. The van der Waals surface area contributed by atoms with Crippen LogP contribution < -0.4 is 5.32 Å². The van der Waals surface area contributed by atoms with Crippen molar-refractivity contribution in [3.05, 3.63) is 66.4 Å². The molecule has 6 heteroatoms. The number of hydrogen-bond donors (Lipinski definition) is 2. The summed E-state index contributed by atoms with van der Waals surface area (Å²) in [5.41, 5.74) is 3.91. The average Bonchev–Trinajstić information content (AvgIpc) is 3.38. The van der Waals surface area contributed by atoms with Crippen LogP contribution in [-0.4, -0.2) is 45.5 Å². The minimum absolute atomic E-state index is 0.000671. The van der Waals surface area contributed by atoms with Gasteiger partial charge in [0, 0.05) is 36.0 Å². The highest BCUT2D eigenvalue weighted by molar-refractivity contribution is 6.07. The summed E-state index contributed by atoms with van der Waals surface area (Å²) in [6, 6.07) is 18.4. The van der Waals surface area contributed by atoms with Crippen LogP contribution in [0.2, 0.25) is 0 Å². The zero-order valence-electron chi connectivity index (χ0n) is 17.0. The summed E-state index contributed by atoms with van der Waals surface area (Å²) in [7, 11) is 0. The van der Waals surface area contributed by atoms with Crippen LogP contribution in [-0.2, 0) is 4.79 Å².